The second-order valence-corrected chi connectivity index (χ2v) is 7.38. The summed E-state index contributed by atoms with van der Waals surface area (Å²) in [6.45, 7) is 3.79. The van der Waals surface area contributed by atoms with E-state index in [1.165, 1.54) is 6.42 Å². The third kappa shape index (κ3) is 3.65. The van der Waals surface area contributed by atoms with Gasteiger partial charge in [0, 0.05) is 24.3 Å². The van der Waals surface area contributed by atoms with E-state index in [4.69, 9.17) is 0 Å². The maximum Gasteiger partial charge on any atom is 0.255 e. The molecular formula is C23H25N3O2. The Hall–Kier alpha value is -3.08. The summed E-state index contributed by atoms with van der Waals surface area (Å²) in [6, 6.07) is 17.4. The number of carbonyl (C=O) groups is 2. The molecule has 4 rings (SSSR count). The van der Waals surface area contributed by atoms with Crippen LogP contribution in [0.25, 0.3) is 10.9 Å². The van der Waals surface area contributed by atoms with Crippen LogP contribution in [0.5, 0.6) is 0 Å². The van der Waals surface area contributed by atoms with Gasteiger partial charge in [-0.3, -0.25) is 9.59 Å². The second-order valence-electron chi connectivity index (χ2n) is 7.38. The minimum absolute atomic E-state index is 0.00167. The minimum atomic E-state index is -0.136. The Labute approximate surface area is 165 Å². The van der Waals surface area contributed by atoms with Gasteiger partial charge in [-0.25, -0.2) is 0 Å². The summed E-state index contributed by atoms with van der Waals surface area (Å²) in [5, 5.41) is 4.07. The number of aromatic nitrogens is 1. The van der Waals surface area contributed by atoms with E-state index in [0.29, 0.717) is 11.3 Å². The van der Waals surface area contributed by atoms with Gasteiger partial charge in [0.15, 0.2) is 0 Å². The lowest BCUT2D eigenvalue weighted by Gasteiger charge is -2.27. The Morgan fingerprint density at radius 3 is 2.50 bits per heavy atom. The first-order valence-electron chi connectivity index (χ1n) is 9.86. The second kappa shape index (κ2) is 7.89. The number of carbonyl (C=O) groups excluding carboxylic acids is 2. The molecule has 1 aromatic heterocycles. The maximum atomic E-state index is 12.9. The molecule has 1 aliphatic heterocycles. The van der Waals surface area contributed by atoms with Crippen LogP contribution in [0.3, 0.4) is 0 Å². The van der Waals surface area contributed by atoms with Crippen LogP contribution in [-0.2, 0) is 11.3 Å². The summed E-state index contributed by atoms with van der Waals surface area (Å²) in [7, 11) is 0. The number of anilines is 1. The molecule has 0 atom stereocenters. The smallest absolute Gasteiger partial charge is 0.255 e. The first-order chi connectivity index (χ1) is 13.6. The van der Waals surface area contributed by atoms with E-state index < -0.39 is 0 Å². The van der Waals surface area contributed by atoms with Crippen molar-refractivity contribution in [3.05, 3.63) is 65.9 Å². The molecule has 5 nitrogen and oxygen atoms in total. The van der Waals surface area contributed by atoms with Gasteiger partial charge in [-0.15, -0.1) is 0 Å². The Morgan fingerprint density at radius 1 is 0.964 bits per heavy atom. The van der Waals surface area contributed by atoms with Crippen LogP contribution < -0.4 is 5.32 Å². The van der Waals surface area contributed by atoms with Crippen LogP contribution in [0, 0.1) is 6.92 Å². The Balaban J connectivity index is 1.53. The van der Waals surface area contributed by atoms with Crippen LogP contribution in [-0.4, -0.2) is 34.4 Å². The molecule has 1 aliphatic rings. The van der Waals surface area contributed by atoms with E-state index in [2.05, 4.69) is 11.4 Å². The van der Waals surface area contributed by atoms with Crippen molar-refractivity contribution in [2.24, 2.45) is 0 Å². The number of hydrogen-bond donors (Lipinski definition) is 1. The minimum Gasteiger partial charge on any atom is -0.339 e. The third-order valence-electron chi connectivity index (χ3n) is 5.39. The van der Waals surface area contributed by atoms with Crippen molar-refractivity contribution in [3.8, 4) is 0 Å². The molecule has 2 amide bonds. The van der Waals surface area contributed by atoms with E-state index >= 15 is 0 Å². The lowest BCUT2D eigenvalue weighted by molar-refractivity contribution is -0.116. The highest BCUT2D eigenvalue weighted by Gasteiger charge is 2.21. The first-order valence-corrected chi connectivity index (χ1v) is 9.86. The molecule has 0 spiro atoms. The molecule has 0 aliphatic carbocycles. The van der Waals surface area contributed by atoms with Crippen LogP contribution in [0.2, 0.25) is 0 Å². The summed E-state index contributed by atoms with van der Waals surface area (Å²) in [5.74, 6) is -0.137. The van der Waals surface area contributed by atoms with Gasteiger partial charge in [0.05, 0.1) is 11.3 Å². The predicted molar refractivity (Wildman–Crippen MR) is 112 cm³/mol. The molecule has 0 unspecified atom stereocenters. The average Bonchev–Trinajstić information content (AvgIpc) is 3.04. The van der Waals surface area contributed by atoms with Crippen molar-refractivity contribution in [2.75, 3.05) is 18.4 Å². The fourth-order valence-electron chi connectivity index (χ4n) is 3.94. The fourth-order valence-corrected chi connectivity index (χ4v) is 3.94. The summed E-state index contributed by atoms with van der Waals surface area (Å²) in [6.07, 6.45) is 3.26. The number of fused-ring (bicyclic) bond motifs is 1. The van der Waals surface area contributed by atoms with Crippen molar-refractivity contribution >= 4 is 28.4 Å². The zero-order chi connectivity index (χ0) is 19.5. The molecule has 0 bridgehead atoms. The maximum absolute atomic E-state index is 12.9. The number of hydrogen-bond acceptors (Lipinski definition) is 2. The molecule has 1 fully saturated rings. The topological polar surface area (TPSA) is 54.3 Å². The van der Waals surface area contributed by atoms with Gasteiger partial charge in [-0.2, -0.15) is 0 Å². The van der Waals surface area contributed by atoms with E-state index in [9.17, 15) is 9.59 Å². The highest BCUT2D eigenvalue weighted by Crippen LogP contribution is 2.22. The van der Waals surface area contributed by atoms with Crippen molar-refractivity contribution in [3.63, 3.8) is 0 Å². The molecule has 2 heterocycles. The Kier molecular flexibility index (Phi) is 5.15. The number of piperidine rings is 1. The number of para-hydroxylation sites is 2. The number of nitrogens with zero attached hydrogens (tertiary/aromatic N) is 2. The van der Waals surface area contributed by atoms with Crippen molar-refractivity contribution in [1.82, 2.24) is 9.47 Å². The molecule has 1 N–H and O–H groups in total. The van der Waals surface area contributed by atoms with Gasteiger partial charge in [-0.1, -0.05) is 30.3 Å². The normalized spacial score (nSPS) is 14.2. The van der Waals surface area contributed by atoms with Crippen LogP contribution in [0.15, 0.2) is 54.6 Å². The Bertz CT molecular complexity index is 1020. The van der Waals surface area contributed by atoms with Crippen LogP contribution in [0.4, 0.5) is 5.69 Å². The van der Waals surface area contributed by atoms with Crippen LogP contribution in [0.1, 0.15) is 35.3 Å². The van der Waals surface area contributed by atoms with Crippen molar-refractivity contribution in [2.45, 2.75) is 32.7 Å². The highest BCUT2D eigenvalue weighted by molar-refractivity contribution is 6.04. The number of aryl methyl sites for hydroxylation is 1. The van der Waals surface area contributed by atoms with Gasteiger partial charge in [0.2, 0.25) is 5.91 Å². The molecule has 0 radical (unpaired) electrons. The lowest BCUT2D eigenvalue weighted by atomic mass is 10.1. The summed E-state index contributed by atoms with van der Waals surface area (Å²) >= 11 is 0. The predicted octanol–water partition coefficient (Wildman–Crippen LogP) is 4.21. The van der Waals surface area contributed by atoms with Gasteiger partial charge >= 0.3 is 0 Å². The quantitative estimate of drug-likeness (QED) is 0.742. The fraction of sp³-hybridized carbons (Fsp3) is 0.304. The SMILES string of the molecule is Cc1cc2ccccc2n1CC(=O)Nc1ccccc1C(=O)N1CCCCC1. The van der Waals surface area contributed by atoms with E-state index in [-0.39, 0.29) is 18.4 Å². The molecule has 5 heteroatoms. The lowest BCUT2D eigenvalue weighted by Crippen LogP contribution is -2.36. The van der Waals surface area contributed by atoms with Gasteiger partial charge in [0.1, 0.15) is 6.54 Å². The molecule has 1 saturated heterocycles. The average molecular weight is 375 g/mol. The third-order valence-corrected chi connectivity index (χ3v) is 5.39. The number of likely N-dealkylation sites (tertiary alicyclic amines) is 1. The number of amides is 2. The summed E-state index contributed by atoms with van der Waals surface area (Å²) in [5.41, 5.74) is 3.21. The largest absolute Gasteiger partial charge is 0.339 e. The molecule has 2 aromatic carbocycles. The Morgan fingerprint density at radius 2 is 1.68 bits per heavy atom. The zero-order valence-electron chi connectivity index (χ0n) is 16.1. The molecule has 28 heavy (non-hydrogen) atoms. The summed E-state index contributed by atoms with van der Waals surface area (Å²) in [4.78, 5) is 27.6. The van der Waals surface area contributed by atoms with Crippen molar-refractivity contribution in [1.29, 1.82) is 0 Å². The number of benzene rings is 2. The van der Waals surface area contributed by atoms with Gasteiger partial charge in [-0.05, 0) is 55.8 Å². The van der Waals surface area contributed by atoms with E-state index in [1.54, 1.807) is 12.1 Å². The number of rotatable bonds is 4. The molecule has 0 saturated carbocycles. The molecule has 3 aromatic rings. The molecular weight excluding hydrogens is 350 g/mol. The standard InChI is InChI=1S/C23H25N3O2/c1-17-15-18-9-3-6-12-21(18)26(17)16-22(27)24-20-11-5-4-10-19(20)23(28)25-13-7-2-8-14-25/h3-6,9-12,15H,2,7-8,13-14,16H2,1H3,(H,24,27). The van der Waals surface area contributed by atoms with Crippen LogP contribution >= 0.6 is 0 Å². The van der Waals surface area contributed by atoms with E-state index in [1.807, 2.05) is 52.8 Å². The number of nitrogens with one attached hydrogen (secondary N) is 1. The first kappa shape index (κ1) is 18.3. The molecule has 144 valence electrons. The highest BCUT2D eigenvalue weighted by atomic mass is 16.2. The van der Waals surface area contributed by atoms with Crippen molar-refractivity contribution < 1.29 is 9.59 Å². The summed E-state index contributed by atoms with van der Waals surface area (Å²) < 4.78 is 2.00. The van der Waals surface area contributed by atoms with E-state index in [0.717, 1.165) is 42.5 Å². The van der Waals surface area contributed by atoms with Gasteiger partial charge < -0.3 is 14.8 Å². The van der Waals surface area contributed by atoms with Gasteiger partial charge in [0.25, 0.3) is 5.91 Å². The monoisotopic (exact) mass is 375 g/mol. The zero-order valence-corrected chi connectivity index (χ0v) is 16.1.